The van der Waals surface area contributed by atoms with Crippen LogP contribution in [0.5, 0.6) is 0 Å². The first-order valence-electron chi connectivity index (χ1n) is 5.90. The van der Waals surface area contributed by atoms with Crippen molar-refractivity contribution in [3.63, 3.8) is 0 Å². The van der Waals surface area contributed by atoms with Crippen molar-refractivity contribution < 1.29 is 8.42 Å². The molecule has 0 N–H and O–H groups in total. The average molecular weight is 298 g/mol. The van der Waals surface area contributed by atoms with Crippen LogP contribution in [0.1, 0.15) is 5.56 Å². The fourth-order valence-electron chi connectivity index (χ4n) is 1.51. The molecule has 0 heterocycles. The van der Waals surface area contributed by atoms with E-state index in [1.807, 2.05) is 24.3 Å². The standard InChI is InChI=1S/C13H18N2O2S2/c1-15(6-8-18-2)7-9-19(16,17)13-5-3-4-12(10-13)11-14/h3-5,10H,6-9H2,1-2H3. The van der Waals surface area contributed by atoms with Gasteiger partial charge in [-0.25, -0.2) is 8.42 Å². The van der Waals surface area contributed by atoms with Gasteiger partial charge in [-0.3, -0.25) is 0 Å². The van der Waals surface area contributed by atoms with Gasteiger partial charge in [0.2, 0.25) is 0 Å². The molecule has 0 radical (unpaired) electrons. The molecule has 1 rings (SSSR count). The zero-order valence-corrected chi connectivity index (χ0v) is 12.8. The molecule has 0 saturated carbocycles. The van der Waals surface area contributed by atoms with Crippen LogP contribution in [0.25, 0.3) is 0 Å². The topological polar surface area (TPSA) is 61.2 Å². The molecule has 19 heavy (non-hydrogen) atoms. The van der Waals surface area contributed by atoms with Gasteiger partial charge < -0.3 is 4.90 Å². The fraction of sp³-hybridized carbons (Fsp3) is 0.462. The van der Waals surface area contributed by atoms with Crippen molar-refractivity contribution >= 4 is 21.6 Å². The van der Waals surface area contributed by atoms with Gasteiger partial charge in [0, 0.05) is 18.8 Å². The molecule has 6 heteroatoms. The molecule has 0 bridgehead atoms. The molecule has 0 aliphatic rings. The van der Waals surface area contributed by atoms with Crippen molar-refractivity contribution in [2.75, 3.05) is 37.9 Å². The first-order valence-corrected chi connectivity index (χ1v) is 8.94. The summed E-state index contributed by atoms with van der Waals surface area (Å²) in [5.74, 6) is 1.06. The van der Waals surface area contributed by atoms with Crippen LogP contribution < -0.4 is 0 Å². The van der Waals surface area contributed by atoms with Gasteiger partial charge in [0.05, 0.1) is 22.3 Å². The van der Waals surface area contributed by atoms with Crippen molar-refractivity contribution in [1.82, 2.24) is 4.90 Å². The van der Waals surface area contributed by atoms with Gasteiger partial charge in [-0.2, -0.15) is 17.0 Å². The molecule has 1 aromatic rings. The van der Waals surface area contributed by atoms with E-state index in [1.165, 1.54) is 12.1 Å². The Kier molecular flexibility index (Phi) is 6.35. The highest BCUT2D eigenvalue weighted by atomic mass is 32.2. The third kappa shape index (κ3) is 5.23. The SMILES string of the molecule is CSCCN(C)CCS(=O)(=O)c1cccc(C#N)c1. The smallest absolute Gasteiger partial charge is 0.179 e. The van der Waals surface area contributed by atoms with Gasteiger partial charge in [0.1, 0.15) is 0 Å². The molecule has 104 valence electrons. The van der Waals surface area contributed by atoms with E-state index in [1.54, 1.807) is 23.9 Å². The second kappa shape index (κ2) is 7.53. The monoisotopic (exact) mass is 298 g/mol. The summed E-state index contributed by atoms with van der Waals surface area (Å²) in [4.78, 5) is 2.23. The Balaban J connectivity index is 2.68. The molecular formula is C13H18N2O2S2. The summed E-state index contributed by atoms with van der Waals surface area (Å²) in [6.07, 6.45) is 2.03. The van der Waals surface area contributed by atoms with Crippen LogP contribution >= 0.6 is 11.8 Å². The van der Waals surface area contributed by atoms with E-state index < -0.39 is 9.84 Å². The summed E-state index contributed by atoms with van der Waals surface area (Å²) < 4.78 is 24.3. The molecule has 0 fully saturated rings. The molecule has 0 aliphatic carbocycles. The maximum atomic E-state index is 12.1. The van der Waals surface area contributed by atoms with Crippen molar-refractivity contribution in [3.8, 4) is 6.07 Å². The number of nitrogens with zero attached hydrogens (tertiary/aromatic N) is 2. The number of benzene rings is 1. The predicted molar refractivity (Wildman–Crippen MR) is 79.1 cm³/mol. The normalized spacial score (nSPS) is 11.5. The van der Waals surface area contributed by atoms with Gasteiger partial charge in [0.25, 0.3) is 0 Å². The van der Waals surface area contributed by atoms with E-state index in [-0.39, 0.29) is 10.6 Å². The van der Waals surface area contributed by atoms with E-state index >= 15 is 0 Å². The summed E-state index contributed by atoms with van der Waals surface area (Å²) in [5.41, 5.74) is 0.372. The Morgan fingerprint density at radius 2 is 2.11 bits per heavy atom. The maximum Gasteiger partial charge on any atom is 0.179 e. The summed E-state index contributed by atoms with van der Waals surface area (Å²) in [5, 5.41) is 8.79. The molecule has 0 unspecified atom stereocenters. The first-order chi connectivity index (χ1) is 8.99. The second-order valence-corrected chi connectivity index (χ2v) is 7.35. The van der Waals surface area contributed by atoms with Crippen LogP contribution in [0.15, 0.2) is 29.2 Å². The van der Waals surface area contributed by atoms with Crippen molar-refractivity contribution in [3.05, 3.63) is 29.8 Å². The molecule has 0 amide bonds. The lowest BCUT2D eigenvalue weighted by atomic mass is 10.2. The van der Waals surface area contributed by atoms with E-state index in [0.717, 1.165) is 12.3 Å². The number of thioether (sulfide) groups is 1. The average Bonchev–Trinajstić information content (AvgIpc) is 2.43. The number of sulfone groups is 1. The third-order valence-electron chi connectivity index (χ3n) is 2.74. The molecule has 0 aliphatic heterocycles. The van der Waals surface area contributed by atoms with Crippen molar-refractivity contribution in [2.45, 2.75) is 4.90 Å². The molecular weight excluding hydrogens is 280 g/mol. The second-order valence-electron chi connectivity index (χ2n) is 4.25. The number of rotatable bonds is 7. The van der Waals surface area contributed by atoms with Crippen LogP contribution in [0, 0.1) is 11.3 Å². The highest BCUT2D eigenvalue weighted by molar-refractivity contribution is 7.98. The van der Waals surface area contributed by atoms with Gasteiger partial charge in [0.15, 0.2) is 9.84 Å². The van der Waals surface area contributed by atoms with Crippen molar-refractivity contribution in [2.24, 2.45) is 0 Å². The highest BCUT2D eigenvalue weighted by Crippen LogP contribution is 2.13. The Labute approximate surface area is 119 Å². The van der Waals surface area contributed by atoms with Crippen LogP contribution in [0.3, 0.4) is 0 Å². The van der Waals surface area contributed by atoms with E-state index in [4.69, 9.17) is 5.26 Å². The lowest BCUT2D eigenvalue weighted by Crippen LogP contribution is -2.27. The summed E-state index contributed by atoms with van der Waals surface area (Å²) in [6, 6.07) is 8.12. The Bertz CT molecular complexity index is 550. The minimum Gasteiger partial charge on any atom is -0.305 e. The predicted octanol–water partition coefficient (Wildman–Crippen LogP) is 1.63. The molecule has 0 aromatic heterocycles. The van der Waals surface area contributed by atoms with E-state index in [2.05, 4.69) is 0 Å². The highest BCUT2D eigenvalue weighted by Gasteiger charge is 2.15. The largest absolute Gasteiger partial charge is 0.305 e. The number of hydrogen-bond acceptors (Lipinski definition) is 5. The molecule has 0 spiro atoms. The summed E-state index contributed by atoms with van der Waals surface area (Å²) in [6.45, 7) is 1.37. The lowest BCUT2D eigenvalue weighted by Gasteiger charge is -2.15. The first kappa shape index (κ1) is 16.0. The maximum absolute atomic E-state index is 12.1. The fourth-order valence-corrected chi connectivity index (χ4v) is 3.39. The molecule has 0 atom stereocenters. The molecule has 4 nitrogen and oxygen atoms in total. The molecule has 1 aromatic carbocycles. The Morgan fingerprint density at radius 3 is 2.74 bits per heavy atom. The van der Waals surface area contributed by atoms with E-state index in [9.17, 15) is 8.42 Å². The quantitative estimate of drug-likeness (QED) is 0.765. The summed E-state index contributed by atoms with van der Waals surface area (Å²) >= 11 is 1.74. The Hall–Kier alpha value is -1.03. The summed E-state index contributed by atoms with van der Waals surface area (Å²) in [7, 11) is -1.40. The Morgan fingerprint density at radius 1 is 1.37 bits per heavy atom. The van der Waals surface area contributed by atoms with Gasteiger partial charge in [-0.05, 0) is 31.5 Å². The van der Waals surface area contributed by atoms with Crippen LogP contribution in [0.2, 0.25) is 0 Å². The third-order valence-corrected chi connectivity index (χ3v) is 5.02. The number of hydrogen-bond donors (Lipinski definition) is 0. The van der Waals surface area contributed by atoms with Crippen LogP contribution in [-0.2, 0) is 9.84 Å². The minimum atomic E-state index is -3.31. The lowest BCUT2D eigenvalue weighted by molar-refractivity contribution is 0.376. The number of nitriles is 1. The van der Waals surface area contributed by atoms with Gasteiger partial charge >= 0.3 is 0 Å². The molecule has 0 saturated heterocycles. The van der Waals surface area contributed by atoms with Crippen molar-refractivity contribution in [1.29, 1.82) is 5.26 Å². The zero-order chi connectivity index (χ0) is 14.3. The minimum absolute atomic E-state index is 0.0762. The van der Waals surface area contributed by atoms with Crippen LogP contribution in [-0.4, -0.2) is 51.2 Å². The zero-order valence-electron chi connectivity index (χ0n) is 11.2. The van der Waals surface area contributed by atoms with Gasteiger partial charge in [-0.1, -0.05) is 6.07 Å². The van der Waals surface area contributed by atoms with E-state index in [0.29, 0.717) is 12.1 Å². The van der Waals surface area contributed by atoms with Crippen LogP contribution in [0.4, 0.5) is 0 Å². The van der Waals surface area contributed by atoms with Gasteiger partial charge in [-0.15, -0.1) is 0 Å².